The molecule has 0 heterocycles. The molecule has 0 bridgehead atoms. The summed E-state index contributed by atoms with van der Waals surface area (Å²) in [4.78, 5) is 25.4. The fourth-order valence-electron chi connectivity index (χ4n) is 0.448. The van der Waals surface area contributed by atoms with Crippen LogP contribution in [0, 0.1) is 0 Å². The monoisotopic (exact) mass is 280 g/mol. The molecule has 0 radical (unpaired) electrons. The van der Waals surface area contributed by atoms with E-state index in [1.54, 1.807) is 0 Å². The van der Waals surface area contributed by atoms with Crippen molar-refractivity contribution in [2.45, 2.75) is 19.5 Å². The van der Waals surface area contributed by atoms with Gasteiger partial charge in [-0.3, -0.25) is 0 Å². The third-order valence-electron chi connectivity index (χ3n) is 1.41. The first-order valence-corrected chi connectivity index (χ1v) is 8.90. The Balaban J connectivity index is 4.74. The van der Waals surface area contributed by atoms with Crippen LogP contribution in [0.4, 0.5) is 0 Å². The van der Waals surface area contributed by atoms with Gasteiger partial charge < -0.3 is 19.2 Å². The van der Waals surface area contributed by atoms with Crippen molar-refractivity contribution in [3.63, 3.8) is 0 Å². The maximum Gasteiger partial charge on any atom is 0.486 e. The van der Waals surface area contributed by atoms with E-state index in [4.69, 9.17) is 14.7 Å². The number of rotatable bonds is 5. The quantitative estimate of drug-likeness (QED) is 0.488. The minimum atomic E-state index is -5.16. The Hall–Kier alpha value is 0.555. The van der Waals surface area contributed by atoms with Crippen LogP contribution in [0.3, 0.4) is 0 Å². The molecule has 0 saturated heterocycles. The molecule has 2 atom stereocenters. The predicted molar refractivity (Wildman–Crippen MR) is 55.3 cm³/mol. The molecule has 0 aromatic rings. The second kappa shape index (κ2) is 4.82. The molecule has 0 aromatic carbocycles. The van der Waals surface area contributed by atoms with E-state index >= 15 is 0 Å². The molecular weight excluding hydrogens is 268 g/mol. The summed E-state index contributed by atoms with van der Waals surface area (Å²) in [7, 11) is -12.6. The van der Waals surface area contributed by atoms with Gasteiger partial charge in [0.15, 0.2) is 7.25 Å². The van der Waals surface area contributed by atoms with Crippen LogP contribution in [0.25, 0.3) is 0 Å². The Labute approximate surface area is 87.7 Å². The normalized spacial score (nSPS) is 20.9. The predicted octanol–water partition coefficient (Wildman–Crippen LogP) is 0.447. The van der Waals surface area contributed by atoms with Crippen molar-refractivity contribution in [3.05, 3.63) is 0 Å². The fraction of sp³-hybridized carbons (Fsp3) is 1.00. The summed E-state index contributed by atoms with van der Waals surface area (Å²) < 4.78 is 40.5. The largest absolute Gasteiger partial charge is 0.486 e. The van der Waals surface area contributed by atoms with Crippen LogP contribution in [0.1, 0.15) is 13.8 Å². The van der Waals surface area contributed by atoms with Gasteiger partial charge in [0.25, 0.3) is 0 Å². The molecule has 0 aromatic heterocycles. The van der Waals surface area contributed by atoms with E-state index in [9.17, 15) is 13.7 Å². The van der Waals surface area contributed by atoms with E-state index in [0.717, 1.165) is 7.57 Å². The molecule has 0 aliphatic rings. The summed E-state index contributed by atoms with van der Waals surface area (Å²) in [5.74, 6) is 0. The third-order valence-corrected chi connectivity index (χ3v) is 7.09. The number of hydrogen-bond donors (Lipinski definition) is 3. The first-order valence-electron chi connectivity index (χ1n) is 3.74. The van der Waals surface area contributed by atoms with Crippen LogP contribution in [-0.4, -0.2) is 27.9 Å². The smallest absolute Gasteiger partial charge is 0.304 e. The van der Waals surface area contributed by atoms with Crippen LogP contribution >= 0.6 is 22.9 Å². The number of hydrogen-bond acceptors (Lipinski definition) is 5. The Bertz CT molecular complexity index is 358. The Kier molecular flexibility index (Phi) is 5.00. The van der Waals surface area contributed by atoms with Crippen LogP contribution in [0.5, 0.6) is 0 Å². The van der Waals surface area contributed by atoms with Crippen LogP contribution < -0.4 is 0 Å². The van der Waals surface area contributed by atoms with Gasteiger partial charge in [0.1, 0.15) is 0 Å². The van der Waals surface area contributed by atoms with E-state index in [1.165, 1.54) is 13.8 Å². The molecule has 0 amide bonds. The molecule has 15 heavy (non-hydrogen) atoms. The Morgan fingerprint density at radius 2 is 1.47 bits per heavy atom. The zero-order valence-electron chi connectivity index (χ0n) is 8.30. The molecule has 3 N–H and O–H groups in total. The first-order chi connectivity index (χ1) is 6.36. The van der Waals surface area contributed by atoms with E-state index in [0.29, 0.717) is 0 Å². The Morgan fingerprint density at radius 3 is 1.73 bits per heavy atom. The maximum atomic E-state index is 11.5. The standard InChI is InChI=1S/C3H12BO8P3/c1-3(2)13(4,5)11-15(9,10)12-14(6,7)8/h3H,4H2,1-2H3,(H,9,10)(H2,6,7,8). The summed E-state index contributed by atoms with van der Waals surface area (Å²) >= 11 is 0. The van der Waals surface area contributed by atoms with Gasteiger partial charge in [0, 0.05) is 5.66 Å². The summed E-state index contributed by atoms with van der Waals surface area (Å²) in [5.41, 5.74) is -0.571. The molecule has 0 aliphatic carbocycles. The highest BCUT2D eigenvalue weighted by Gasteiger charge is 2.38. The molecule has 0 fully saturated rings. The van der Waals surface area contributed by atoms with E-state index < -0.39 is 28.6 Å². The fourth-order valence-corrected chi connectivity index (χ4v) is 4.30. The van der Waals surface area contributed by atoms with Crippen LogP contribution in [0.2, 0.25) is 0 Å². The van der Waals surface area contributed by atoms with Crippen molar-refractivity contribution in [1.82, 2.24) is 0 Å². The minimum absolute atomic E-state index is 0.571. The lowest BCUT2D eigenvalue weighted by Crippen LogP contribution is -2.01. The van der Waals surface area contributed by atoms with Crippen molar-refractivity contribution in [3.8, 4) is 0 Å². The average Bonchev–Trinajstić information content (AvgIpc) is 1.75. The summed E-state index contributed by atoms with van der Waals surface area (Å²) in [6.45, 7) is 2.94. The van der Waals surface area contributed by atoms with Gasteiger partial charge in [-0.1, -0.05) is 13.8 Å². The Morgan fingerprint density at radius 1 is 1.07 bits per heavy atom. The number of phosphoric acid groups is 2. The van der Waals surface area contributed by atoms with Gasteiger partial charge in [-0.25, -0.2) is 13.4 Å². The van der Waals surface area contributed by atoms with Gasteiger partial charge >= 0.3 is 15.6 Å². The summed E-state index contributed by atoms with van der Waals surface area (Å²) in [6.07, 6.45) is 0. The highest BCUT2D eigenvalue weighted by atomic mass is 31.3. The highest BCUT2D eigenvalue weighted by molar-refractivity contribution is 7.88. The van der Waals surface area contributed by atoms with Gasteiger partial charge in [0.05, 0.1) is 0 Å². The SMILES string of the molecule is BP(=O)(OP(=O)(O)OP(=O)(O)O)C(C)C. The van der Waals surface area contributed by atoms with Gasteiger partial charge in [0.2, 0.25) is 7.57 Å². The topological polar surface area (TPSA) is 130 Å². The van der Waals surface area contributed by atoms with Crippen molar-refractivity contribution in [2.24, 2.45) is 0 Å². The average molecular weight is 280 g/mol. The van der Waals surface area contributed by atoms with Crippen molar-refractivity contribution < 1.29 is 37.0 Å². The van der Waals surface area contributed by atoms with Crippen LogP contribution in [-0.2, 0) is 22.3 Å². The highest BCUT2D eigenvalue weighted by Crippen LogP contribution is 2.67. The molecule has 0 rings (SSSR count). The lowest BCUT2D eigenvalue weighted by atomic mass is 10.6. The molecule has 12 heteroatoms. The minimum Gasteiger partial charge on any atom is -0.304 e. The van der Waals surface area contributed by atoms with E-state index in [2.05, 4.69) is 8.62 Å². The second-order valence-electron chi connectivity index (χ2n) is 3.12. The second-order valence-corrected chi connectivity index (χ2v) is 9.20. The zero-order chi connectivity index (χ0) is 12.5. The summed E-state index contributed by atoms with van der Waals surface area (Å²) in [6, 6.07) is 0. The van der Waals surface area contributed by atoms with Crippen molar-refractivity contribution in [1.29, 1.82) is 0 Å². The molecule has 0 saturated carbocycles. The zero-order valence-corrected chi connectivity index (χ0v) is 11.0. The summed E-state index contributed by atoms with van der Waals surface area (Å²) in [5, 5.41) is 0. The molecule has 0 aliphatic heterocycles. The van der Waals surface area contributed by atoms with E-state index in [-0.39, 0.29) is 0 Å². The van der Waals surface area contributed by atoms with E-state index in [1.807, 2.05) is 0 Å². The lowest BCUT2D eigenvalue weighted by Gasteiger charge is -2.20. The molecule has 90 valence electrons. The van der Waals surface area contributed by atoms with Crippen molar-refractivity contribution in [2.75, 3.05) is 0 Å². The van der Waals surface area contributed by atoms with Gasteiger partial charge in [-0.05, 0) is 0 Å². The third kappa shape index (κ3) is 6.66. The molecular formula is C3H12BO8P3. The van der Waals surface area contributed by atoms with Crippen molar-refractivity contribution >= 4 is 30.5 Å². The molecule has 8 nitrogen and oxygen atoms in total. The molecule has 0 spiro atoms. The van der Waals surface area contributed by atoms with Crippen LogP contribution in [0.15, 0.2) is 0 Å². The lowest BCUT2D eigenvalue weighted by molar-refractivity contribution is 0.231. The van der Waals surface area contributed by atoms with Gasteiger partial charge in [-0.15, -0.1) is 0 Å². The first kappa shape index (κ1) is 15.6. The van der Waals surface area contributed by atoms with Gasteiger partial charge in [-0.2, -0.15) is 4.31 Å². The molecule has 2 unspecified atom stereocenters. The maximum absolute atomic E-state index is 11.5.